The first-order valence-corrected chi connectivity index (χ1v) is 12.2. The monoisotopic (exact) mass is 509 g/mol. The summed E-state index contributed by atoms with van der Waals surface area (Å²) in [6.07, 6.45) is 1.72. The average molecular weight is 510 g/mol. The minimum atomic E-state index is -0.284. The van der Waals surface area contributed by atoms with E-state index in [2.05, 4.69) is 26.3 Å². The second-order valence-corrected chi connectivity index (χ2v) is 8.64. The van der Waals surface area contributed by atoms with Crippen molar-refractivity contribution >= 4 is 40.0 Å². The number of fused-ring (bicyclic) bond motifs is 1. The molecular weight excluding hydrogens is 482 g/mol. The van der Waals surface area contributed by atoms with Gasteiger partial charge in [-0.15, -0.1) is 0 Å². The number of aromatic nitrogens is 2. The van der Waals surface area contributed by atoms with Crippen LogP contribution in [0, 0.1) is 11.3 Å². The Hall–Kier alpha value is -4.81. The molecule has 38 heavy (non-hydrogen) atoms. The van der Waals surface area contributed by atoms with Gasteiger partial charge >= 0.3 is 0 Å². The molecule has 0 spiro atoms. The van der Waals surface area contributed by atoms with E-state index in [-0.39, 0.29) is 12.5 Å². The number of hydrogen-bond donors (Lipinski definition) is 2. The second kappa shape index (κ2) is 11.5. The number of nitrogens with zero attached hydrogens (tertiary/aromatic N) is 3. The van der Waals surface area contributed by atoms with E-state index in [1.807, 2.05) is 48.5 Å². The quantitative estimate of drug-likeness (QED) is 0.337. The number of imidazole rings is 1. The summed E-state index contributed by atoms with van der Waals surface area (Å²) in [6.45, 7) is 2.66. The third-order valence-corrected chi connectivity index (χ3v) is 6.15. The van der Waals surface area contributed by atoms with Gasteiger partial charge in [0.05, 0.1) is 48.3 Å². The highest BCUT2D eigenvalue weighted by Crippen LogP contribution is 2.30. The number of morpholine rings is 1. The molecule has 0 saturated carbocycles. The standard InChI is InChI=1S/C29H27N5O4/c1-36-27-17-20(16-21(18-30)29-32-22-6-2-3-7-23(22)33-29)10-11-26(27)38-19-28(35)31-24-8-4-5-9-25(24)34-12-14-37-15-13-34/h2-11,16-17H,12-15,19H2,1H3,(H,31,35)(H,32,33)/b21-16+. The van der Waals surface area contributed by atoms with Crippen LogP contribution < -0.4 is 19.7 Å². The topological polar surface area (TPSA) is 112 Å². The van der Waals surface area contributed by atoms with Crippen LogP contribution in [0.5, 0.6) is 11.5 Å². The largest absolute Gasteiger partial charge is 0.493 e. The van der Waals surface area contributed by atoms with Gasteiger partial charge in [0, 0.05) is 13.1 Å². The first-order chi connectivity index (χ1) is 18.6. The van der Waals surface area contributed by atoms with Gasteiger partial charge in [-0.25, -0.2) is 4.98 Å². The Kier molecular flexibility index (Phi) is 7.52. The van der Waals surface area contributed by atoms with E-state index in [9.17, 15) is 10.1 Å². The summed E-state index contributed by atoms with van der Waals surface area (Å²) in [7, 11) is 1.53. The number of ether oxygens (including phenoxy) is 3. The number of methoxy groups -OCH3 is 1. The zero-order valence-corrected chi connectivity index (χ0v) is 20.9. The summed E-state index contributed by atoms with van der Waals surface area (Å²) in [5.41, 5.74) is 4.44. The lowest BCUT2D eigenvalue weighted by molar-refractivity contribution is -0.118. The van der Waals surface area contributed by atoms with Gasteiger partial charge in [-0.1, -0.05) is 30.3 Å². The van der Waals surface area contributed by atoms with Crippen molar-refractivity contribution in [3.05, 3.63) is 78.1 Å². The number of H-pyrrole nitrogens is 1. The van der Waals surface area contributed by atoms with Crippen LogP contribution in [0.2, 0.25) is 0 Å². The number of hydrogen-bond acceptors (Lipinski definition) is 7. The number of allylic oxidation sites excluding steroid dienone is 1. The fraction of sp³-hybridized carbons (Fsp3) is 0.207. The summed E-state index contributed by atoms with van der Waals surface area (Å²) in [4.78, 5) is 22.6. The molecule has 0 unspecified atom stereocenters. The van der Waals surface area contributed by atoms with Crippen LogP contribution in [0.1, 0.15) is 11.4 Å². The van der Waals surface area contributed by atoms with E-state index in [1.165, 1.54) is 7.11 Å². The highest BCUT2D eigenvalue weighted by atomic mass is 16.5. The highest BCUT2D eigenvalue weighted by Gasteiger charge is 2.16. The first-order valence-electron chi connectivity index (χ1n) is 12.2. The maximum absolute atomic E-state index is 12.7. The van der Waals surface area contributed by atoms with Gasteiger partial charge in [-0.2, -0.15) is 5.26 Å². The van der Waals surface area contributed by atoms with Gasteiger partial charge < -0.3 is 29.4 Å². The molecule has 4 aromatic rings. The normalized spacial score (nSPS) is 13.7. The Balaban J connectivity index is 1.27. The fourth-order valence-electron chi connectivity index (χ4n) is 4.28. The van der Waals surface area contributed by atoms with Crippen molar-refractivity contribution in [1.82, 2.24) is 9.97 Å². The molecule has 2 N–H and O–H groups in total. The van der Waals surface area contributed by atoms with E-state index in [4.69, 9.17) is 14.2 Å². The minimum absolute atomic E-state index is 0.189. The number of aromatic amines is 1. The van der Waals surface area contributed by atoms with Gasteiger partial charge in [-0.3, -0.25) is 4.79 Å². The Bertz CT molecular complexity index is 1480. The Morgan fingerprint density at radius 3 is 2.71 bits per heavy atom. The molecule has 192 valence electrons. The van der Waals surface area contributed by atoms with Crippen LogP contribution in [-0.2, 0) is 9.53 Å². The van der Waals surface area contributed by atoms with Crippen molar-refractivity contribution in [2.24, 2.45) is 0 Å². The summed E-state index contributed by atoms with van der Waals surface area (Å²) >= 11 is 0. The Morgan fingerprint density at radius 2 is 1.92 bits per heavy atom. The maximum atomic E-state index is 12.7. The fourth-order valence-corrected chi connectivity index (χ4v) is 4.28. The molecule has 1 aliphatic heterocycles. The average Bonchev–Trinajstić information content (AvgIpc) is 3.40. The zero-order chi connectivity index (χ0) is 26.3. The SMILES string of the molecule is COc1cc(/C=C(\C#N)c2nc3ccccc3[nH]2)ccc1OCC(=O)Nc1ccccc1N1CCOCC1. The van der Waals surface area contributed by atoms with Crippen LogP contribution in [-0.4, -0.2) is 55.9 Å². The lowest BCUT2D eigenvalue weighted by Crippen LogP contribution is -2.37. The molecule has 0 atom stereocenters. The molecule has 1 aliphatic rings. The smallest absolute Gasteiger partial charge is 0.262 e. The molecule has 0 bridgehead atoms. The maximum Gasteiger partial charge on any atom is 0.262 e. The lowest BCUT2D eigenvalue weighted by Gasteiger charge is -2.30. The molecule has 5 rings (SSSR count). The van der Waals surface area contributed by atoms with Crippen molar-refractivity contribution in [3.63, 3.8) is 0 Å². The number of benzene rings is 3. The molecule has 3 aromatic carbocycles. The van der Waals surface area contributed by atoms with Gasteiger partial charge in [0.2, 0.25) is 0 Å². The third-order valence-electron chi connectivity index (χ3n) is 6.15. The molecule has 1 amide bonds. The summed E-state index contributed by atoms with van der Waals surface area (Å²) in [5.74, 6) is 1.07. The van der Waals surface area contributed by atoms with Crippen molar-refractivity contribution in [2.75, 3.05) is 50.2 Å². The van der Waals surface area contributed by atoms with E-state index >= 15 is 0 Å². The molecule has 2 heterocycles. The van der Waals surface area contributed by atoms with Crippen molar-refractivity contribution in [2.45, 2.75) is 0 Å². The van der Waals surface area contributed by atoms with Crippen molar-refractivity contribution < 1.29 is 19.0 Å². The number of para-hydroxylation sites is 4. The summed E-state index contributed by atoms with van der Waals surface area (Å²) < 4.78 is 16.7. The highest BCUT2D eigenvalue weighted by molar-refractivity contribution is 5.95. The number of rotatable bonds is 8. The van der Waals surface area contributed by atoms with E-state index < -0.39 is 0 Å². The Labute approximate surface area is 220 Å². The van der Waals surface area contributed by atoms with Gasteiger partial charge in [0.1, 0.15) is 11.9 Å². The van der Waals surface area contributed by atoms with Crippen LogP contribution in [0.4, 0.5) is 11.4 Å². The van der Waals surface area contributed by atoms with Crippen LogP contribution in [0.3, 0.4) is 0 Å². The summed E-state index contributed by atoms with van der Waals surface area (Å²) in [5, 5.41) is 12.7. The first kappa shape index (κ1) is 24.9. The minimum Gasteiger partial charge on any atom is -0.493 e. The van der Waals surface area contributed by atoms with E-state index in [1.54, 1.807) is 24.3 Å². The molecular formula is C29H27N5O4. The van der Waals surface area contributed by atoms with Crippen molar-refractivity contribution in [3.8, 4) is 17.6 Å². The molecule has 1 fully saturated rings. The van der Waals surface area contributed by atoms with E-state index in [0.29, 0.717) is 36.1 Å². The second-order valence-electron chi connectivity index (χ2n) is 8.64. The number of nitrogens with one attached hydrogen (secondary N) is 2. The molecule has 1 saturated heterocycles. The number of anilines is 2. The van der Waals surface area contributed by atoms with Gasteiger partial charge in [-0.05, 0) is 48.0 Å². The van der Waals surface area contributed by atoms with E-state index in [0.717, 1.165) is 41.1 Å². The molecule has 0 radical (unpaired) electrons. The molecule has 9 nitrogen and oxygen atoms in total. The van der Waals surface area contributed by atoms with Crippen LogP contribution >= 0.6 is 0 Å². The van der Waals surface area contributed by atoms with Crippen molar-refractivity contribution in [1.29, 1.82) is 5.26 Å². The number of nitriles is 1. The predicted molar refractivity (Wildman–Crippen MR) is 146 cm³/mol. The molecule has 1 aromatic heterocycles. The lowest BCUT2D eigenvalue weighted by atomic mass is 10.1. The predicted octanol–water partition coefficient (Wildman–Crippen LogP) is 4.49. The number of carbonyl (C=O) groups is 1. The third kappa shape index (κ3) is 5.61. The number of amides is 1. The molecule has 0 aliphatic carbocycles. The number of carbonyl (C=O) groups excluding carboxylic acids is 1. The van der Waals surface area contributed by atoms with Crippen LogP contribution in [0.25, 0.3) is 22.7 Å². The van der Waals surface area contributed by atoms with Gasteiger partial charge in [0.25, 0.3) is 5.91 Å². The van der Waals surface area contributed by atoms with Gasteiger partial charge in [0.15, 0.2) is 18.1 Å². The van der Waals surface area contributed by atoms with Crippen LogP contribution in [0.15, 0.2) is 66.7 Å². The Morgan fingerprint density at radius 1 is 1.13 bits per heavy atom. The summed E-state index contributed by atoms with van der Waals surface area (Å²) in [6, 6.07) is 22.8. The zero-order valence-electron chi connectivity index (χ0n) is 20.9. The molecule has 9 heteroatoms.